The monoisotopic (exact) mass is 449 g/mol. The summed E-state index contributed by atoms with van der Waals surface area (Å²) in [5, 5.41) is 8.36. The number of carbonyl (C=O) groups excluding carboxylic acids is 1. The van der Waals surface area contributed by atoms with Gasteiger partial charge in [-0.1, -0.05) is 12.1 Å². The Morgan fingerprint density at radius 3 is 2.53 bits per heavy atom. The highest BCUT2D eigenvalue weighted by molar-refractivity contribution is 7.89. The third-order valence-electron chi connectivity index (χ3n) is 4.47. The normalized spacial score (nSPS) is 11.9. The molecule has 0 atom stereocenters. The number of benzene rings is 1. The minimum atomic E-state index is -3.73. The molecule has 0 aliphatic rings. The molecule has 0 aliphatic carbocycles. The largest absolute Gasteiger partial charge is 0.351 e. The average Bonchev–Trinajstić information content (AvgIpc) is 2.98. The van der Waals surface area contributed by atoms with Crippen LogP contribution in [-0.2, 0) is 23.0 Å². The van der Waals surface area contributed by atoms with Crippen molar-refractivity contribution in [1.82, 2.24) is 20.2 Å². The number of aromatic nitrogens is 2. The lowest BCUT2D eigenvalue weighted by Crippen LogP contribution is -2.25. The Balaban J connectivity index is 1.71. The van der Waals surface area contributed by atoms with Crippen molar-refractivity contribution in [1.29, 1.82) is 0 Å². The Hall–Kier alpha value is -2.60. The van der Waals surface area contributed by atoms with E-state index in [9.17, 15) is 18.0 Å². The fraction of sp³-hybridized carbons (Fsp3) is 0.316. The second kappa shape index (κ2) is 8.64. The number of aromatic amines is 1. The van der Waals surface area contributed by atoms with Crippen LogP contribution in [0.5, 0.6) is 0 Å². The number of nitrogens with one attached hydrogen (secondary N) is 2. The summed E-state index contributed by atoms with van der Waals surface area (Å²) in [5.41, 5.74) is 1.22. The molecule has 0 saturated heterocycles. The first-order valence-electron chi connectivity index (χ1n) is 9.13. The van der Waals surface area contributed by atoms with Gasteiger partial charge in [0, 0.05) is 6.54 Å². The molecule has 1 amide bonds. The number of hydrogen-bond donors (Lipinski definition) is 3. The fourth-order valence-corrected chi connectivity index (χ4v) is 4.66. The summed E-state index contributed by atoms with van der Waals surface area (Å²) in [6, 6.07) is 6.19. The second-order valence-electron chi connectivity index (χ2n) is 7.18. The van der Waals surface area contributed by atoms with E-state index in [1.807, 2.05) is 19.0 Å². The van der Waals surface area contributed by atoms with Gasteiger partial charge in [-0.2, -0.15) is 0 Å². The van der Waals surface area contributed by atoms with Crippen molar-refractivity contribution < 1.29 is 13.2 Å². The Morgan fingerprint density at radius 2 is 1.93 bits per heavy atom. The number of primary sulfonamides is 1. The summed E-state index contributed by atoms with van der Waals surface area (Å²) < 4.78 is 22.6. The molecule has 160 valence electrons. The van der Waals surface area contributed by atoms with Crippen LogP contribution in [0.4, 0.5) is 0 Å². The van der Waals surface area contributed by atoms with Crippen molar-refractivity contribution in [2.45, 2.75) is 24.8 Å². The number of nitrogens with two attached hydrogens (primary N) is 1. The fourth-order valence-electron chi connectivity index (χ4n) is 3.03. The molecule has 3 rings (SSSR count). The van der Waals surface area contributed by atoms with Crippen LogP contribution in [0.25, 0.3) is 10.2 Å². The molecule has 0 radical (unpaired) electrons. The third-order valence-corrected chi connectivity index (χ3v) is 6.59. The lowest BCUT2D eigenvalue weighted by Gasteiger charge is -2.07. The van der Waals surface area contributed by atoms with Crippen LogP contribution in [0, 0.1) is 6.92 Å². The van der Waals surface area contributed by atoms with Gasteiger partial charge in [-0.3, -0.25) is 9.59 Å². The van der Waals surface area contributed by atoms with E-state index in [1.165, 1.54) is 23.5 Å². The molecule has 1 aromatic carbocycles. The maximum absolute atomic E-state index is 12.6. The molecule has 0 unspecified atom stereocenters. The first-order valence-corrected chi connectivity index (χ1v) is 11.5. The molecule has 2 heterocycles. The summed E-state index contributed by atoms with van der Waals surface area (Å²) in [4.78, 5) is 35.3. The average molecular weight is 450 g/mol. The SMILES string of the molecule is Cc1c(C(=O)NCCc2ccc(S(N)(=O)=O)cc2)sc2nc(CN(C)C)[nH]c(=O)c12. The van der Waals surface area contributed by atoms with E-state index in [1.54, 1.807) is 19.1 Å². The maximum atomic E-state index is 12.6. The smallest absolute Gasteiger partial charge is 0.261 e. The van der Waals surface area contributed by atoms with E-state index in [2.05, 4.69) is 15.3 Å². The number of rotatable bonds is 7. The predicted octanol–water partition coefficient (Wildman–Crippen LogP) is 0.975. The summed E-state index contributed by atoms with van der Waals surface area (Å²) in [6.45, 7) is 2.59. The van der Waals surface area contributed by atoms with Gasteiger partial charge in [-0.25, -0.2) is 18.5 Å². The topological polar surface area (TPSA) is 138 Å². The molecule has 0 spiro atoms. The third kappa shape index (κ3) is 4.93. The van der Waals surface area contributed by atoms with Crippen LogP contribution in [0.1, 0.15) is 26.6 Å². The Kier molecular flexibility index (Phi) is 6.36. The van der Waals surface area contributed by atoms with Crippen molar-refractivity contribution in [2.75, 3.05) is 20.6 Å². The number of sulfonamides is 1. The Labute approximate surface area is 178 Å². The number of aryl methyl sites for hydroxylation is 1. The van der Waals surface area contributed by atoms with Crippen molar-refractivity contribution >= 4 is 37.5 Å². The molecular formula is C19H23N5O4S2. The highest BCUT2D eigenvalue weighted by Gasteiger charge is 2.19. The van der Waals surface area contributed by atoms with Gasteiger partial charge in [0.2, 0.25) is 10.0 Å². The number of hydrogen-bond acceptors (Lipinski definition) is 7. The number of amides is 1. The minimum Gasteiger partial charge on any atom is -0.351 e. The van der Waals surface area contributed by atoms with Crippen molar-refractivity contribution in [3.8, 4) is 0 Å². The standard InChI is InChI=1S/C19H23N5O4S2/c1-11-15-17(25)22-14(10-24(2)3)23-19(15)29-16(11)18(26)21-9-8-12-4-6-13(7-5-12)30(20,27)28/h4-7H,8-10H2,1-3H3,(H,21,26)(H2,20,27,28)(H,22,23,25). The van der Waals surface area contributed by atoms with E-state index in [4.69, 9.17) is 5.14 Å². The van der Waals surface area contributed by atoms with Gasteiger partial charge >= 0.3 is 0 Å². The quantitative estimate of drug-likeness (QED) is 0.491. The van der Waals surface area contributed by atoms with Gasteiger partial charge < -0.3 is 15.2 Å². The van der Waals surface area contributed by atoms with Crippen LogP contribution in [0.2, 0.25) is 0 Å². The van der Waals surface area contributed by atoms with Crippen LogP contribution >= 0.6 is 11.3 Å². The lowest BCUT2D eigenvalue weighted by atomic mass is 10.1. The van der Waals surface area contributed by atoms with E-state index >= 15 is 0 Å². The summed E-state index contributed by atoms with van der Waals surface area (Å²) >= 11 is 1.20. The maximum Gasteiger partial charge on any atom is 0.261 e. The van der Waals surface area contributed by atoms with Crippen LogP contribution in [0.15, 0.2) is 34.0 Å². The van der Waals surface area contributed by atoms with Crippen LogP contribution < -0.4 is 16.0 Å². The van der Waals surface area contributed by atoms with Gasteiger partial charge in [-0.05, 0) is 50.7 Å². The molecule has 0 bridgehead atoms. The van der Waals surface area contributed by atoms with Gasteiger partial charge in [0.15, 0.2) is 0 Å². The van der Waals surface area contributed by atoms with E-state index in [0.29, 0.717) is 46.0 Å². The van der Waals surface area contributed by atoms with Crippen LogP contribution in [-0.4, -0.2) is 49.8 Å². The van der Waals surface area contributed by atoms with Crippen LogP contribution in [0.3, 0.4) is 0 Å². The van der Waals surface area contributed by atoms with Crippen molar-refractivity contribution in [3.63, 3.8) is 0 Å². The minimum absolute atomic E-state index is 0.0440. The van der Waals surface area contributed by atoms with E-state index in [0.717, 1.165) is 5.56 Å². The molecule has 0 fully saturated rings. The number of thiophene rings is 1. The number of H-pyrrole nitrogens is 1. The zero-order chi connectivity index (χ0) is 22.1. The molecule has 11 heteroatoms. The zero-order valence-corrected chi connectivity index (χ0v) is 18.5. The molecule has 2 aromatic heterocycles. The van der Waals surface area contributed by atoms with E-state index in [-0.39, 0.29) is 16.4 Å². The number of carbonyl (C=O) groups is 1. The van der Waals surface area contributed by atoms with E-state index < -0.39 is 10.0 Å². The lowest BCUT2D eigenvalue weighted by molar-refractivity contribution is 0.0957. The number of fused-ring (bicyclic) bond motifs is 1. The molecule has 3 aromatic rings. The molecular weight excluding hydrogens is 426 g/mol. The summed E-state index contributed by atoms with van der Waals surface area (Å²) in [6.07, 6.45) is 0.520. The molecule has 9 nitrogen and oxygen atoms in total. The van der Waals surface area contributed by atoms with Crippen molar-refractivity contribution in [3.05, 3.63) is 56.4 Å². The van der Waals surface area contributed by atoms with Gasteiger partial charge in [0.05, 0.1) is 21.7 Å². The zero-order valence-electron chi connectivity index (χ0n) is 16.9. The number of nitrogens with zero attached hydrogens (tertiary/aromatic N) is 2. The summed E-state index contributed by atoms with van der Waals surface area (Å²) in [7, 11) is 0.0347. The molecule has 0 aliphatic heterocycles. The predicted molar refractivity (Wildman–Crippen MR) is 116 cm³/mol. The van der Waals surface area contributed by atoms with Gasteiger partial charge in [0.25, 0.3) is 11.5 Å². The molecule has 30 heavy (non-hydrogen) atoms. The highest BCUT2D eigenvalue weighted by atomic mass is 32.2. The molecule has 0 saturated carbocycles. The Morgan fingerprint density at radius 1 is 1.27 bits per heavy atom. The molecule has 4 N–H and O–H groups in total. The highest BCUT2D eigenvalue weighted by Crippen LogP contribution is 2.27. The van der Waals surface area contributed by atoms with Crippen molar-refractivity contribution in [2.24, 2.45) is 5.14 Å². The first kappa shape index (κ1) is 22.1. The first-order chi connectivity index (χ1) is 14.1. The van der Waals surface area contributed by atoms with Gasteiger partial charge in [0.1, 0.15) is 10.7 Å². The summed E-state index contributed by atoms with van der Waals surface area (Å²) in [5.74, 6) is 0.277. The second-order valence-corrected chi connectivity index (χ2v) is 9.74. The van der Waals surface area contributed by atoms with Gasteiger partial charge in [-0.15, -0.1) is 11.3 Å². The Bertz CT molecular complexity index is 1240.